The average Bonchev–Trinajstić information content (AvgIpc) is 2.31. The minimum absolute atomic E-state index is 0.475. The van der Waals surface area contributed by atoms with Crippen molar-refractivity contribution in [1.82, 2.24) is 9.88 Å². The summed E-state index contributed by atoms with van der Waals surface area (Å²) in [6.45, 7) is 1.86. The predicted molar refractivity (Wildman–Crippen MR) is 61.2 cm³/mol. The summed E-state index contributed by atoms with van der Waals surface area (Å²) in [6.07, 6.45) is 12.9. The first-order valence-corrected chi connectivity index (χ1v) is 5.49. The molecule has 0 radical (unpaired) electrons. The number of hydrogen-bond donors (Lipinski definition) is 0. The lowest BCUT2D eigenvalue weighted by molar-refractivity contribution is 0.169. The highest BCUT2D eigenvalue weighted by Gasteiger charge is 2.22. The molecular weight excluding hydrogens is 184 g/mol. The molecule has 1 atom stereocenters. The van der Waals surface area contributed by atoms with Crippen LogP contribution in [0, 0.1) is 12.3 Å². The molecule has 0 bridgehead atoms. The Labute approximate surface area is 91.3 Å². The number of pyridine rings is 1. The van der Waals surface area contributed by atoms with Gasteiger partial charge in [0, 0.05) is 18.4 Å². The molecule has 1 aliphatic rings. The van der Waals surface area contributed by atoms with Gasteiger partial charge in [-0.2, -0.15) is 0 Å². The minimum Gasteiger partial charge on any atom is -0.285 e. The molecule has 2 rings (SSSR count). The second-order valence-corrected chi connectivity index (χ2v) is 3.97. The van der Waals surface area contributed by atoms with Crippen molar-refractivity contribution in [3.63, 3.8) is 0 Å². The van der Waals surface area contributed by atoms with E-state index in [4.69, 9.17) is 6.42 Å². The topological polar surface area (TPSA) is 16.1 Å². The van der Waals surface area contributed by atoms with E-state index < -0.39 is 0 Å². The monoisotopic (exact) mass is 200 g/mol. The van der Waals surface area contributed by atoms with Crippen LogP contribution in [0.5, 0.6) is 0 Å². The van der Waals surface area contributed by atoms with Gasteiger partial charge in [-0.25, -0.2) is 0 Å². The summed E-state index contributed by atoms with van der Waals surface area (Å²) >= 11 is 0. The Balaban J connectivity index is 2.15. The zero-order valence-corrected chi connectivity index (χ0v) is 8.89. The van der Waals surface area contributed by atoms with Crippen molar-refractivity contribution in [3.8, 4) is 12.3 Å². The van der Waals surface area contributed by atoms with Crippen LogP contribution >= 0.6 is 0 Å². The molecule has 1 saturated heterocycles. The van der Waals surface area contributed by atoms with Gasteiger partial charge in [-0.1, -0.05) is 18.4 Å². The molecule has 1 aliphatic heterocycles. The maximum atomic E-state index is 5.39. The SMILES string of the molecule is C#CCN1CCCC[C@@H]1c1cccnc1. The molecule has 2 heterocycles. The van der Waals surface area contributed by atoms with E-state index in [-0.39, 0.29) is 0 Å². The van der Waals surface area contributed by atoms with Crippen molar-refractivity contribution in [2.24, 2.45) is 0 Å². The minimum atomic E-state index is 0.475. The number of terminal acetylenes is 1. The van der Waals surface area contributed by atoms with Crippen molar-refractivity contribution in [3.05, 3.63) is 30.1 Å². The number of aromatic nitrogens is 1. The molecular formula is C13H16N2. The van der Waals surface area contributed by atoms with Gasteiger partial charge in [0.05, 0.1) is 6.54 Å². The van der Waals surface area contributed by atoms with E-state index in [9.17, 15) is 0 Å². The van der Waals surface area contributed by atoms with Gasteiger partial charge in [0.1, 0.15) is 0 Å². The molecule has 0 unspecified atom stereocenters. The normalized spacial score (nSPS) is 22.2. The maximum Gasteiger partial charge on any atom is 0.0604 e. The Morgan fingerprint density at radius 2 is 2.47 bits per heavy atom. The highest BCUT2D eigenvalue weighted by Crippen LogP contribution is 2.29. The summed E-state index contributed by atoms with van der Waals surface area (Å²) in [5.41, 5.74) is 1.30. The van der Waals surface area contributed by atoms with Crippen LogP contribution in [0.15, 0.2) is 24.5 Å². The largest absolute Gasteiger partial charge is 0.285 e. The van der Waals surface area contributed by atoms with Crippen molar-refractivity contribution < 1.29 is 0 Å². The molecule has 0 N–H and O–H groups in total. The molecule has 0 saturated carbocycles. The summed E-state index contributed by atoms with van der Waals surface area (Å²) < 4.78 is 0. The molecule has 78 valence electrons. The van der Waals surface area contributed by atoms with Crippen molar-refractivity contribution >= 4 is 0 Å². The number of hydrogen-bond acceptors (Lipinski definition) is 2. The van der Waals surface area contributed by atoms with Crippen LogP contribution in [-0.4, -0.2) is 23.0 Å². The van der Waals surface area contributed by atoms with Crippen LogP contribution in [0.25, 0.3) is 0 Å². The second kappa shape index (κ2) is 4.95. The molecule has 2 heteroatoms. The molecule has 1 aromatic heterocycles. The molecule has 0 aliphatic carbocycles. The predicted octanol–water partition coefficient (Wildman–Crippen LogP) is 2.24. The fourth-order valence-electron chi connectivity index (χ4n) is 2.25. The van der Waals surface area contributed by atoms with Gasteiger partial charge < -0.3 is 0 Å². The van der Waals surface area contributed by atoms with Crippen LogP contribution in [-0.2, 0) is 0 Å². The van der Waals surface area contributed by atoms with Crippen LogP contribution < -0.4 is 0 Å². The number of nitrogens with zero attached hydrogens (tertiary/aromatic N) is 2. The third-order valence-electron chi connectivity index (χ3n) is 2.98. The quantitative estimate of drug-likeness (QED) is 0.681. The maximum absolute atomic E-state index is 5.39. The van der Waals surface area contributed by atoms with Crippen LogP contribution in [0.2, 0.25) is 0 Å². The first-order chi connectivity index (χ1) is 7.42. The third kappa shape index (κ3) is 2.37. The zero-order chi connectivity index (χ0) is 10.5. The summed E-state index contributed by atoms with van der Waals surface area (Å²) in [7, 11) is 0. The van der Waals surface area contributed by atoms with Crippen molar-refractivity contribution in [2.45, 2.75) is 25.3 Å². The standard InChI is InChI=1S/C13H16N2/c1-2-9-15-10-4-3-7-13(15)12-6-5-8-14-11-12/h1,5-6,8,11,13H,3-4,7,9-10H2/t13-/m1/s1. The van der Waals surface area contributed by atoms with E-state index in [1.54, 1.807) is 0 Å². The Morgan fingerprint density at radius 1 is 1.53 bits per heavy atom. The molecule has 2 nitrogen and oxygen atoms in total. The van der Waals surface area contributed by atoms with E-state index >= 15 is 0 Å². The van der Waals surface area contributed by atoms with E-state index in [0.29, 0.717) is 6.04 Å². The lowest BCUT2D eigenvalue weighted by atomic mass is 9.96. The van der Waals surface area contributed by atoms with E-state index in [1.807, 2.05) is 18.5 Å². The van der Waals surface area contributed by atoms with Crippen molar-refractivity contribution in [2.75, 3.05) is 13.1 Å². The number of likely N-dealkylation sites (tertiary alicyclic amines) is 1. The Kier molecular flexibility index (Phi) is 3.37. The van der Waals surface area contributed by atoms with E-state index in [1.165, 1.54) is 24.8 Å². The van der Waals surface area contributed by atoms with E-state index in [0.717, 1.165) is 13.1 Å². The van der Waals surface area contributed by atoms with Crippen LogP contribution in [0.4, 0.5) is 0 Å². The van der Waals surface area contributed by atoms with Gasteiger partial charge in [0.25, 0.3) is 0 Å². The summed E-state index contributed by atoms with van der Waals surface area (Å²) in [4.78, 5) is 6.55. The number of piperidine rings is 1. The van der Waals surface area contributed by atoms with Crippen LogP contribution in [0.3, 0.4) is 0 Å². The molecule has 1 aromatic rings. The smallest absolute Gasteiger partial charge is 0.0604 e. The number of rotatable bonds is 2. The van der Waals surface area contributed by atoms with Gasteiger partial charge in [-0.05, 0) is 31.0 Å². The first kappa shape index (κ1) is 10.2. The summed E-state index contributed by atoms with van der Waals surface area (Å²) in [5.74, 6) is 2.74. The lowest BCUT2D eigenvalue weighted by Crippen LogP contribution is -2.33. The van der Waals surface area contributed by atoms with Gasteiger partial charge in [-0.15, -0.1) is 6.42 Å². The molecule has 0 amide bonds. The average molecular weight is 200 g/mol. The van der Waals surface area contributed by atoms with Gasteiger partial charge in [0.15, 0.2) is 0 Å². The Hall–Kier alpha value is -1.33. The summed E-state index contributed by atoms with van der Waals surface area (Å²) in [6, 6.07) is 4.62. The fraction of sp³-hybridized carbons (Fsp3) is 0.462. The van der Waals surface area contributed by atoms with Gasteiger partial charge >= 0.3 is 0 Å². The highest BCUT2D eigenvalue weighted by atomic mass is 15.2. The van der Waals surface area contributed by atoms with E-state index in [2.05, 4.69) is 21.9 Å². The van der Waals surface area contributed by atoms with Gasteiger partial charge in [0.2, 0.25) is 0 Å². The lowest BCUT2D eigenvalue weighted by Gasteiger charge is -2.34. The fourth-order valence-corrected chi connectivity index (χ4v) is 2.25. The first-order valence-electron chi connectivity index (χ1n) is 5.49. The highest BCUT2D eigenvalue weighted by molar-refractivity contribution is 5.15. The zero-order valence-electron chi connectivity index (χ0n) is 8.89. The third-order valence-corrected chi connectivity index (χ3v) is 2.98. The Morgan fingerprint density at radius 3 is 3.20 bits per heavy atom. The van der Waals surface area contributed by atoms with Gasteiger partial charge in [-0.3, -0.25) is 9.88 Å². The van der Waals surface area contributed by atoms with Crippen molar-refractivity contribution in [1.29, 1.82) is 0 Å². The molecule has 0 spiro atoms. The molecule has 0 aromatic carbocycles. The second-order valence-electron chi connectivity index (χ2n) is 3.97. The van der Waals surface area contributed by atoms with Crippen LogP contribution in [0.1, 0.15) is 30.9 Å². The molecule has 15 heavy (non-hydrogen) atoms. The Bertz CT molecular complexity index is 339. The summed E-state index contributed by atoms with van der Waals surface area (Å²) in [5, 5.41) is 0. The molecule has 1 fully saturated rings.